The van der Waals surface area contributed by atoms with E-state index >= 15 is 0 Å². The number of hydrogen-bond donors (Lipinski definition) is 0. The average molecular weight is 109 g/mol. The fourth-order valence-electron chi connectivity index (χ4n) is 1.17. The van der Waals surface area contributed by atoms with E-state index in [4.69, 9.17) is 5.26 Å². The molecule has 0 saturated heterocycles. The predicted octanol–water partition coefficient (Wildman–Crippen LogP) is 1.80. The van der Waals surface area contributed by atoms with Crippen LogP contribution in [0, 0.1) is 28.6 Å². The lowest BCUT2D eigenvalue weighted by atomic mass is 10.1. The van der Waals surface area contributed by atoms with Gasteiger partial charge in [-0.05, 0) is 11.3 Å². The van der Waals surface area contributed by atoms with E-state index in [0.717, 1.165) is 0 Å². The van der Waals surface area contributed by atoms with Gasteiger partial charge in [0.2, 0.25) is 0 Å². The van der Waals surface area contributed by atoms with Gasteiger partial charge in [-0.1, -0.05) is 20.8 Å². The molecule has 1 heteroatoms. The predicted molar refractivity (Wildman–Crippen MR) is 32.0 cm³/mol. The Morgan fingerprint density at radius 3 is 1.88 bits per heavy atom. The van der Waals surface area contributed by atoms with E-state index in [1.54, 1.807) is 0 Å². The Morgan fingerprint density at radius 1 is 1.50 bits per heavy atom. The van der Waals surface area contributed by atoms with Crippen molar-refractivity contribution in [2.24, 2.45) is 17.3 Å². The van der Waals surface area contributed by atoms with Crippen molar-refractivity contribution in [1.29, 1.82) is 5.26 Å². The lowest BCUT2D eigenvalue weighted by molar-refractivity contribution is 0.572. The summed E-state index contributed by atoms with van der Waals surface area (Å²) in [6.45, 7) is 6.42. The third-order valence-corrected chi connectivity index (χ3v) is 2.51. The monoisotopic (exact) mass is 109 g/mol. The molecule has 1 aliphatic rings. The summed E-state index contributed by atoms with van der Waals surface area (Å²) in [5.41, 5.74) is 0.314. The minimum absolute atomic E-state index is 0.314. The van der Waals surface area contributed by atoms with Gasteiger partial charge in [0.05, 0.1) is 12.0 Å². The molecule has 0 aromatic carbocycles. The zero-order valence-electron chi connectivity index (χ0n) is 5.60. The van der Waals surface area contributed by atoms with Gasteiger partial charge in [0.1, 0.15) is 0 Å². The first kappa shape index (κ1) is 5.62. The van der Waals surface area contributed by atoms with Gasteiger partial charge in [-0.2, -0.15) is 5.26 Å². The Morgan fingerprint density at radius 2 is 1.88 bits per heavy atom. The van der Waals surface area contributed by atoms with E-state index in [0.29, 0.717) is 17.3 Å². The summed E-state index contributed by atoms with van der Waals surface area (Å²) in [4.78, 5) is 0. The van der Waals surface area contributed by atoms with Crippen LogP contribution in [0.3, 0.4) is 0 Å². The summed E-state index contributed by atoms with van der Waals surface area (Å²) >= 11 is 0. The van der Waals surface area contributed by atoms with Gasteiger partial charge in [0.25, 0.3) is 0 Å². The van der Waals surface area contributed by atoms with Crippen molar-refractivity contribution in [2.75, 3.05) is 0 Å². The number of nitriles is 1. The summed E-state index contributed by atoms with van der Waals surface area (Å²) in [5.74, 6) is 0.940. The lowest BCUT2D eigenvalue weighted by Crippen LogP contribution is -1.86. The van der Waals surface area contributed by atoms with Crippen molar-refractivity contribution in [1.82, 2.24) is 0 Å². The van der Waals surface area contributed by atoms with E-state index in [9.17, 15) is 0 Å². The zero-order valence-corrected chi connectivity index (χ0v) is 5.60. The van der Waals surface area contributed by atoms with Crippen LogP contribution < -0.4 is 0 Å². The summed E-state index contributed by atoms with van der Waals surface area (Å²) in [6, 6.07) is 2.28. The van der Waals surface area contributed by atoms with E-state index in [1.165, 1.54) is 0 Å². The Bertz CT molecular complexity index is 141. The van der Waals surface area contributed by atoms with Crippen molar-refractivity contribution in [3.63, 3.8) is 0 Å². The molecule has 8 heavy (non-hydrogen) atoms. The van der Waals surface area contributed by atoms with Crippen molar-refractivity contribution in [3.8, 4) is 6.07 Å². The van der Waals surface area contributed by atoms with Gasteiger partial charge in [-0.15, -0.1) is 0 Å². The van der Waals surface area contributed by atoms with Crippen LogP contribution in [0.25, 0.3) is 0 Å². The molecule has 0 heterocycles. The van der Waals surface area contributed by atoms with Crippen LogP contribution in [-0.2, 0) is 0 Å². The van der Waals surface area contributed by atoms with Crippen molar-refractivity contribution in [2.45, 2.75) is 20.8 Å². The highest BCUT2D eigenvalue weighted by atomic mass is 14.6. The van der Waals surface area contributed by atoms with Crippen molar-refractivity contribution in [3.05, 3.63) is 0 Å². The molecule has 0 aliphatic heterocycles. The number of nitrogens with zero attached hydrogens (tertiary/aromatic N) is 1. The molecule has 0 aromatic rings. The molecule has 2 atom stereocenters. The molecule has 0 radical (unpaired) electrons. The van der Waals surface area contributed by atoms with Crippen LogP contribution in [-0.4, -0.2) is 0 Å². The summed E-state index contributed by atoms with van der Waals surface area (Å²) in [5, 5.41) is 8.46. The molecule has 1 rings (SSSR count). The molecule has 2 unspecified atom stereocenters. The van der Waals surface area contributed by atoms with Crippen LogP contribution in [0.5, 0.6) is 0 Å². The third-order valence-electron chi connectivity index (χ3n) is 2.51. The topological polar surface area (TPSA) is 23.8 Å². The molecule has 0 amide bonds. The normalized spacial score (nSPS) is 40.8. The molecule has 0 N–H and O–H groups in total. The van der Waals surface area contributed by atoms with Crippen LogP contribution in [0.15, 0.2) is 0 Å². The first-order valence-electron chi connectivity index (χ1n) is 3.00. The lowest BCUT2D eigenvalue weighted by Gasteiger charge is -1.92. The smallest absolute Gasteiger partial charge is 0.0664 e. The van der Waals surface area contributed by atoms with E-state index in [-0.39, 0.29) is 0 Å². The standard InChI is InChI=1S/C7H11N/c1-5-6(4-8)7(5,2)3/h5-6H,1-3H3. The largest absolute Gasteiger partial charge is 0.198 e. The molecule has 44 valence electrons. The third kappa shape index (κ3) is 0.461. The van der Waals surface area contributed by atoms with Gasteiger partial charge < -0.3 is 0 Å². The molecular weight excluding hydrogens is 98.1 g/mol. The quantitative estimate of drug-likeness (QED) is 0.465. The minimum atomic E-state index is 0.314. The van der Waals surface area contributed by atoms with Crippen molar-refractivity contribution < 1.29 is 0 Å². The van der Waals surface area contributed by atoms with Gasteiger partial charge in [-0.25, -0.2) is 0 Å². The molecule has 0 spiro atoms. The van der Waals surface area contributed by atoms with E-state index in [1.807, 2.05) is 0 Å². The second-order valence-electron chi connectivity index (χ2n) is 3.22. The molecule has 0 bridgehead atoms. The van der Waals surface area contributed by atoms with Crippen LogP contribution in [0.2, 0.25) is 0 Å². The average Bonchev–Trinajstić information content (AvgIpc) is 2.09. The van der Waals surface area contributed by atoms with Gasteiger partial charge in [-0.3, -0.25) is 0 Å². The van der Waals surface area contributed by atoms with Gasteiger partial charge >= 0.3 is 0 Å². The highest BCUT2D eigenvalue weighted by Crippen LogP contribution is 2.57. The second kappa shape index (κ2) is 1.25. The highest BCUT2D eigenvalue weighted by molar-refractivity contribution is 5.13. The van der Waals surface area contributed by atoms with Gasteiger partial charge in [0, 0.05) is 0 Å². The SMILES string of the molecule is CC1C(C#N)C1(C)C. The summed E-state index contributed by atoms with van der Waals surface area (Å²) < 4.78 is 0. The molecule has 1 nitrogen and oxygen atoms in total. The highest BCUT2D eigenvalue weighted by Gasteiger charge is 2.54. The minimum Gasteiger partial charge on any atom is -0.198 e. The Labute approximate surface area is 50.3 Å². The summed E-state index contributed by atoms with van der Waals surface area (Å²) in [6.07, 6.45) is 0. The Hall–Kier alpha value is -0.510. The zero-order chi connectivity index (χ0) is 6.36. The van der Waals surface area contributed by atoms with E-state index in [2.05, 4.69) is 26.8 Å². The number of hydrogen-bond acceptors (Lipinski definition) is 1. The maximum Gasteiger partial charge on any atom is 0.0664 e. The van der Waals surface area contributed by atoms with Crippen molar-refractivity contribution >= 4 is 0 Å². The molecule has 0 aromatic heterocycles. The van der Waals surface area contributed by atoms with Crippen LogP contribution in [0.1, 0.15) is 20.8 Å². The van der Waals surface area contributed by atoms with Crippen LogP contribution in [0.4, 0.5) is 0 Å². The second-order valence-corrected chi connectivity index (χ2v) is 3.22. The molecular formula is C7H11N. The summed E-state index contributed by atoms with van der Waals surface area (Å²) in [7, 11) is 0. The fourth-order valence-corrected chi connectivity index (χ4v) is 1.17. The molecule has 1 saturated carbocycles. The van der Waals surface area contributed by atoms with E-state index < -0.39 is 0 Å². The maximum absolute atomic E-state index is 8.46. The first-order valence-corrected chi connectivity index (χ1v) is 3.00. The van der Waals surface area contributed by atoms with Crippen LogP contribution >= 0.6 is 0 Å². The molecule has 1 fully saturated rings. The maximum atomic E-state index is 8.46. The Balaban J connectivity index is 2.62. The fraction of sp³-hybridized carbons (Fsp3) is 0.857. The first-order chi connectivity index (χ1) is 3.60. The van der Waals surface area contributed by atoms with Gasteiger partial charge in [0.15, 0.2) is 0 Å². The molecule has 1 aliphatic carbocycles. The Kier molecular flexibility index (Phi) is 0.881. The number of rotatable bonds is 0.